The summed E-state index contributed by atoms with van der Waals surface area (Å²) in [5.74, 6) is 5.84. The van der Waals surface area contributed by atoms with Gasteiger partial charge in [-0.1, -0.05) is 112 Å². The fourth-order valence-electron chi connectivity index (χ4n) is 6.11. The Morgan fingerprint density at radius 3 is 2.23 bits per heavy atom. The molecule has 256 valence electrons. The van der Waals surface area contributed by atoms with Crippen LogP contribution in [0.2, 0.25) is 0 Å². The molecule has 1 saturated heterocycles. The van der Waals surface area contributed by atoms with E-state index in [1.54, 1.807) is 0 Å². The smallest absolute Gasteiger partial charge is 0.205 e. The van der Waals surface area contributed by atoms with Crippen molar-refractivity contribution in [2.75, 3.05) is 0 Å². The van der Waals surface area contributed by atoms with Crippen LogP contribution in [0.25, 0.3) is 10.4 Å². The summed E-state index contributed by atoms with van der Waals surface area (Å²) in [5, 5.41) is 3.94. The zero-order valence-electron chi connectivity index (χ0n) is 29.3. The highest BCUT2D eigenvalue weighted by atomic mass is 16.8. The first kappa shape index (κ1) is 38.3. The number of benzene rings is 2. The molecule has 0 saturated carbocycles. The number of carbonyl (C=O) groups excluding carboxylic acids is 1. The fraction of sp³-hybridized carbons (Fsp3) is 0.615. The molecule has 0 N–H and O–H groups in total. The van der Waals surface area contributed by atoms with Gasteiger partial charge in [0.15, 0.2) is 5.79 Å². The Bertz CT molecular complexity index is 1300. The quantitative estimate of drug-likeness (QED) is 0.0469. The Balaban J connectivity index is 1.58. The Morgan fingerprint density at radius 2 is 1.62 bits per heavy atom. The molecule has 2 aromatic carbocycles. The lowest BCUT2D eigenvalue weighted by molar-refractivity contribution is -0.151. The molecule has 8 nitrogen and oxygen atoms in total. The summed E-state index contributed by atoms with van der Waals surface area (Å²) >= 11 is 0. The summed E-state index contributed by atoms with van der Waals surface area (Å²) in [6.07, 6.45) is 5.71. The van der Waals surface area contributed by atoms with E-state index >= 15 is 0 Å². The van der Waals surface area contributed by atoms with Gasteiger partial charge in [0.1, 0.15) is 0 Å². The van der Waals surface area contributed by atoms with Crippen molar-refractivity contribution in [3.8, 4) is 11.8 Å². The van der Waals surface area contributed by atoms with Crippen molar-refractivity contribution in [1.29, 1.82) is 0 Å². The second kappa shape index (κ2) is 20.2. The molecular weight excluding hydrogens is 590 g/mol. The van der Waals surface area contributed by atoms with Crippen LogP contribution in [0, 0.1) is 23.7 Å². The first-order valence-electron chi connectivity index (χ1n) is 17.3. The Morgan fingerprint density at radius 1 is 0.979 bits per heavy atom. The highest BCUT2D eigenvalue weighted by molar-refractivity contribution is 5.95. The number of azide groups is 1. The minimum absolute atomic E-state index is 0.0278. The van der Waals surface area contributed by atoms with E-state index in [0.717, 1.165) is 30.4 Å². The number of hydrogen-bond acceptors (Lipinski definition) is 6. The first-order chi connectivity index (χ1) is 22.6. The molecule has 0 aliphatic carbocycles. The number of ketones is 1. The standard InChI is InChI=1S/C39H55N3O5/c1-7-8-17-30(3)38-37(46-39(5,6)47-38)25-29(2)24-34(43)22-15-16-23-35(44-27-32-18-11-9-12-19-32)26-36(31(4)41-42-40)45-28-33-20-13-10-14-21-33/h9-14,18-21,29-31,35-38H,7-8,16-17,23-28H2,1-6H3/t29-,30-,31+,35-,36+,37+,38-/m1/s1. The lowest BCUT2D eigenvalue weighted by Crippen LogP contribution is -2.31. The number of rotatable bonds is 20. The van der Waals surface area contributed by atoms with E-state index in [9.17, 15) is 4.79 Å². The number of nitrogens with zero attached hydrogens (tertiary/aromatic N) is 3. The van der Waals surface area contributed by atoms with E-state index in [4.69, 9.17) is 24.5 Å². The van der Waals surface area contributed by atoms with E-state index in [0.29, 0.717) is 44.8 Å². The SMILES string of the molecule is CCCC[C@@H](C)[C@H]1OC(C)(C)O[C@H]1C[C@H](C)CC(=O)C#CCC[C@H](C[C@H](OCc1ccccc1)[C@H](C)N=[N+]=[N-])OCc1ccccc1. The van der Waals surface area contributed by atoms with Gasteiger partial charge in [-0.25, -0.2) is 0 Å². The average molecular weight is 646 g/mol. The van der Waals surface area contributed by atoms with Gasteiger partial charge in [0.25, 0.3) is 0 Å². The number of Topliss-reactive ketones (excluding diaryl/α,β-unsaturated/α-hetero) is 1. The molecule has 3 rings (SSSR count). The number of unbranched alkanes of at least 4 members (excludes halogenated alkanes) is 1. The van der Waals surface area contributed by atoms with E-state index in [1.165, 1.54) is 6.42 Å². The van der Waals surface area contributed by atoms with Gasteiger partial charge in [-0.15, -0.1) is 0 Å². The van der Waals surface area contributed by atoms with Crippen molar-refractivity contribution in [3.63, 3.8) is 0 Å². The van der Waals surface area contributed by atoms with E-state index in [1.807, 2.05) is 81.4 Å². The lowest BCUT2D eigenvalue weighted by atomic mass is 9.88. The first-order valence-corrected chi connectivity index (χ1v) is 17.3. The molecule has 1 aliphatic heterocycles. The second-order valence-electron chi connectivity index (χ2n) is 13.5. The van der Waals surface area contributed by atoms with Gasteiger partial charge in [-0.3, -0.25) is 4.79 Å². The molecule has 0 aromatic heterocycles. The Labute approximate surface area is 282 Å². The summed E-state index contributed by atoms with van der Waals surface area (Å²) in [7, 11) is 0. The molecule has 7 atom stereocenters. The fourth-order valence-corrected chi connectivity index (χ4v) is 6.11. The lowest BCUT2D eigenvalue weighted by Gasteiger charge is -2.26. The molecule has 2 aromatic rings. The predicted molar refractivity (Wildman–Crippen MR) is 186 cm³/mol. The number of carbonyl (C=O) groups is 1. The highest BCUT2D eigenvalue weighted by Gasteiger charge is 2.43. The summed E-state index contributed by atoms with van der Waals surface area (Å²) in [6.45, 7) is 13.2. The number of ether oxygens (including phenoxy) is 4. The third-order valence-corrected chi connectivity index (χ3v) is 8.69. The summed E-state index contributed by atoms with van der Waals surface area (Å²) in [5.41, 5.74) is 11.2. The van der Waals surface area contributed by atoms with Gasteiger partial charge < -0.3 is 18.9 Å². The highest BCUT2D eigenvalue weighted by Crippen LogP contribution is 2.37. The number of hydrogen-bond donors (Lipinski definition) is 0. The van der Waals surface area contributed by atoms with Crippen LogP contribution < -0.4 is 0 Å². The summed E-state index contributed by atoms with van der Waals surface area (Å²) < 4.78 is 25.2. The zero-order valence-corrected chi connectivity index (χ0v) is 29.3. The van der Waals surface area contributed by atoms with E-state index < -0.39 is 5.79 Å². The summed E-state index contributed by atoms with van der Waals surface area (Å²) in [4.78, 5) is 15.9. The minimum Gasteiger partial charge on any atom is -0.373 e. The van der Waals surface area contributed by atoms with Crippen LogP contribution in [-0.2, 0) is 37.0 Å². The van der Waals surface area contributed by atoms with Crippen molar-refractivity contribution in [1.82, 2.24) is 0 Å². The van der Waals surface area contributed by atoms with Crippen molar-refractivity contribution < 1.29 is 23.7 Å². The maximum absolute atomic E-state index is 12.9. The van der Waals surface area contributed by atoms with Crippen LogP contribution in [0.15, 0.2) is 65.8 Å². The maximum Gasteiger partial charge on any atom is 0.205 e. The molecule has 0 amide bonds. The van der Waals surface area contributed by atoms with E-state index in [-0.39, 0.29) is 42.2 Å². The Hall–Kier alpha value is -3.18. The molecule has 0 bridgehead atoms. The van der Waals surface area contributed by atoms with Crippen LogP contribution in [-0.4, -0.2) is 42.0 Å². The predicted octanol–water partition coefficient (Wildman–Crippen LogP) is 9.36. The Kier molecular flexibility index (Phi) is 16.5. The van der Waals surface area contributed by atoms with Crippen LogP contribution in [0.4, 0.5) is 0 Å². The van der Waals surface area contributed by atoms with Gasteiger partial charge in [0.05, 0.1) is 43.7 Å². The van der Waals surface area contributed by atoms with E-state index in [2.05, 4.69) is 42.6 Å². The van der Waals surface area contributed by atoms with Crippen LogP contribution in [0.1, 0.15) is 104 Å². The van der Waals surface area contributed by atoms with Crippen molar-refractivity contribution in [3.05, 3.63) is 82.2 Å². The normalized spacial score (nSPS) is 20.2. The van der Waals surface area contributed by atoms with Gasteiger partial charge in [0, 0.05) is 24.2 Å². The molecule has 1 heterocycles. The van der Waals surface area contributed by atoms with Gasteiger partial charge in [0.2, 0.25) is 5.78 Å². The molecule has 8 heteroatoms. The summed E-state index contributed by atoms with van der Waals surface area (Å²) in [6, 6.07) is 19.6. The third-order valence-electron chi connectivity index (χ3n) is 8.69. The van der Waals surface area contributed by atoms with Crippen LogP contribution in [0.5, 0.6) is 0 Å². The zero-order chi connectivity index (χ0) is 34.1. The topological polar surface area (TPSA) is 103 Å². The maximum atomic E-state index is 12.9. The molecule has 0 radical (unpaired) electrons. The molecule has 1 fully saturated rings. The largest absolute Gasteiger partial charge is 0.373 e. The second-order valence-corrected chi connectivity index (χ2v) is 13.5. The van der Waals surface area contributed by atoms with Gasteiger partial charge in [-0.05, 0) is 67.5 Å². The monoisotopic (exact) mass is 645 g/mol. The molecule has 1 aliphatic rings. The molecule has 0 spiro atoms. The average Bonchev–Trinajstić information content (AvgIpc) is 3.36. The van der Waals surface area contributed by atoms with Crippen LogP contribution >= 0.6 is 0 Å². The van der Waals surface area contributed by atoms with Gasteiger partial charge in [-0.2, -0.15) is 0 Å². The third kappa shape index (κ3) is 14.2. The van der Waals surface area contributed by atoms with Crippen molar-refractivity contribution in [2.45, 2.75) is 142 Å². The molecular formula is C39H55N3O5. The molecule has 0 unspecified atom stereocenters. The molecule has 47 heavy (non-hydrogen) atoms. The minimum atomic E-state index is -0.608. The van der Waals surface area contributed by atoms with Crippen molar-refractivity contribution >= 4 is 5.78 Å². The van der Waals surface area contributed by atoms with Crippen molar-refractivity contribution in [2.24, 2.45) is 17.0 Å². The van der Waals surface area contributed by atoms with Crippen LogP contribution in [0.3, 0.4) is 0 Å². The van der Waals surface area contributed by atoms with Gasteiger partial charge >= 0.3 is 0 Å².